The summed E-state index contributed by atoms with van der Waals surface area (Å²) in [5.74, 6) is -1.03. The zero-order chi connectivity index (χ0) is 13.7. The van der Waals surface area contributed by atoms with Crippen molar-refractivity contribution in [2.24, 2.45) is 0 Å². The summed E-state index contributed by atoms with van der Waals surface area (Å²) in [6, 6.07) is 7.45. The number of nitrogens with one attached hydrogen (secondary N) is 2. The summed E-state index contributed by atoms with van der Waals surface area (Å²) in [6.45, 7) is 2.64. The van der Waals surface area contributed by atoms with Gasteiger partial charge < -0.3 is 15.5 Å². The molecule has 1 saturated heterocycles. The largest absolute Gasteiger partial charge is 0.332 e. The van der Waals surface area contributed by atoms with Crippen LogP contribution in [0.2, 0.25) is 0 Å². The molecule has 0 radical (unpaired) electrons. The Kier molecular flexibility index (Phi) is 4.81. The number of piperazine rings is 1. The normalized spacial score (nSPS) is 15.1. The van der Waals surface area contributed by atoms with Crippen molar-refractivity contribution in [2.45, 2.75) is 4.90 Å². The van der Waals surface area contributed by atoms with E-state index in [1.807, 2.05) is 24.5 Å². The van der Waals surface area contributed by atoms with Crippen molar-refractivity contribution in [3.05, 3.63) is 24.3 Å². The van der Waals surface area contributed by atoms with Gasteiger partial charge in [0.15, 0.2) is 0 Å². The Morgan fingerprint density at radius 3 is 2.74 bits per heavy atom. The molecule has 19 heavy (non-hydrogen) atoms. The van der Waals surface area contributed by atoms with Crippen LogP contribution < -0.4 is 10.6 Å². The van der Waals surface area contributed by atoms with Crippen LogP contribution in [0.4, 0.5) is 5.69 Å². The maximum Gasteiger partial charge on any atom is 0.313 e. The van der Waals surface area contributed by atoms with Crippen LogP contribution >= 0.6 is 11.8 Å². The minimum Gasteiger partial charge on any atom is -0.332 e. The molecule has 1 aromatic carbocycles. The average molecular weight is 279 g/mol. The first-order valence-electron chi connectivity index (χ1n) is 6.16. The molecule has 0 aromatic heterocycles. The van der Waals surface area contributed by atoms with Crippen LogP contribution in [0.1, 0.15) is 0 Å². The highest BCUT2D eigenvalue weighted by Crippen LogP contribution is 2.18. The molecule has 1 heterocycles. The monoisotopic (exact) mass is 279 g/mol. The Labute approximate surface area is 116 Å². The molecular formula is C13H17N3O2S. The molecule has 2 N–H and O–H groups in total. The Morgan fingerprint density at radius 1 is 1.32 bits per heavy atom. The topological polar surface area (TPSA) is 61.4 Å². The van der Waals surface area contributed by atoms with E-state index in [0.717, 1.165) is 18.0 Å². The van der Waals surface area contributed by atoms with E-state index in [9.17, 15) is 9.59 Å². The van der Waals surface area contributed by atoms with Crippen molar-refractivity contribution < 1.29 is 9.59 Å². The first kappa shape index (κ1) is 13.9. The van der Waals surface area contributed by atoms with E-state index in [-0.39, 0.29) is 0 Å². The smallest absolute Gasteiger partial charge is 0.313 e. The molecule has 6 heteroatoms. The fourth-order valence-corrected chi connectivity index (χ4v) is 2.36. The molecule has 0 saturated carbocycles. The van der Waals surface area contributed by atoms with Crippen molar-refractivity contribution in [1.29, 1.82) is 0 Å². The van der Waals surface area contributed by atoms with E-state index < -0.39 is 11.8 Å². The van der Waals surface area contributed by atoms with Gasteiger partial charge in [-0.25, -0.2) is 0 Å². The predicted octanol–water partition coefficient (Wildman–Crippen LogP) is 0.779. The van der Waals surface area contributed by atoms with E-state index in [1.165, 1.54) is 0 Å². The van der Waals surface area contributed by atoms with Gasteiger partial charge in [0, 0.05) is 36.8 Å². The van der Waals surface area contributed by atoms with E-state index in [2.05, 4.69) is 10.6 Å². The maximum atomic E-state index is 11.9. The van der Waals surface area contributed by atoms with Crippen LogP contribution in [0.25, 0.3) is 0 Å². The Bertz CT molecular complexity index is 473. The predicted molar refractivity (Wildman–Crippen MR) is 76.3 cm³/mol. The second-order valence-corrected chi connectivity index (χ2v) is 5.11. The summed E-state index contributed by atoms with van der Waals surface area (Å²) in [6.07, 6.45) is 1.97. The molecule has 0 atom stereocenters. The number of benzene rings is 1. The number of carbonyl (C=O) groups is 2. The van der Waals surface area contributed by atoms with Gasteiger partial charge in [0.1, 0.15) is 0 Å². The highest BCUT2D eigenvalue weighted by molar-refractivity contribution is 7.98. The third-order valence-corrected chi connectivity index (χ3v) is 3.65. The zero-order valence-corrected chi connectivity index (χ0v) is 11.6. The first-order chi connectivity index (χ1) is 9.20. The molecular weight excluding hydrogens is 262 g/mol. The van der Waals surface area contributed by atoms with E-state index in [0.29, 0.717) is 18.8 Å². The molecule has 2 amide bonds. The molecule has 1 fully saturated rings. The maximum absolute atomic E-state index is 11.9. The van der Waals surface area contributed by atoms with Gasteiger partial charge in [-0.1, -0.05) is 6.07 Å². The van der Waals surface area contributed by atoms with E-state index in [1.54, 1.807) is 22.7 Å². The Hall–Kier alpha value is -1.53. The summed E-state index contributed by atoms with van der Waals surface area (Å²) < 4.78 is 0. The van der Waals surface area contributed by atoms with E-state index in [4.69, 9.17) is 0 Å². The molecule has 2 rings (SSSR count). The quantitative estimate of drug-likeness (QED) is 0.620. The third kappa shape index (κ3) is 3.71. The minimum absolute atomic E-state index is 0.462. The molecule has 102 valence electrons. The summed E-state index contributed by atoms with van der Waals surface area (Å²) >= 11 is 1.59. The number of hydrogen-bond donors (Lipinski definition) is 2. The van der Waals surface area contributed by atoms with Gasteiger partial charge in [-0.3, -0.25) is 9.59 Å². The fraction of sp³-hybridized carbons (Fsp3) is 0.385. The summed E-state index contributed by atoms with van der Waals surface area (Å²) in [7, 11) is 0. The lowest BCUT2D eigenvalue weighted by Crippen LogP contribution is -2.49. The number of anilines is 1. The second kappa shape index (κ2) is 6.58. The van der Waals surface area contributed by atoms with Gasteiger partial charge in [-0.15, -0.1) is 11.8 Å². The fourth-order valence-electron chi connectivity index (χ4n) is 1.90. The summed E-state index contributed by atoms with van der Waals surface area (Å²) in [5.41, 5.74) is 0.653. The summed E-state index contributed by atoms with van der Waals surface area (Å²) in [4.78, 5) is 26.4. The second-order valence-electron chi connectivity index (χ2n) is 4.23. The number of thioether (sulfide) groups is 1. The van der Waals surface area contributed by atoms with Gasteiger partial charge in [0.25, 0.3) is 0 Å². The van der Waals surface area contributed by atoms with Gasteiger partial charge in [0.05, 0.1) is 0 Å². The third-order valence-electron chi connectivity index (χ3n) is 2.93. The number of amides is 2. The van der Waals surface area contributed by atoms with Crippen molar-refractivity contribution in [3.63, 3.8) is 0 Å². The molecule has 0 bridgehead atoms. The van der Waals surface area contributed by atoms with E-state index >= 15 is 0 Å². The number of rotatable bonds is 2. The van der Waals surface area contributed by atoms with Crippen molar-refractivity contribution >= 4 is 29.3 Å². The lowest BCUT2D eigenvalue weighted by molar-refractivity contribution is -0.143. The van der Waals surface area contributed by atoms with Crippen LogP contribution in [0.15, 0.2) is 29.2 Å². The molecule has 1 aliphatic heterocycles. The van der Waals surface area contributed by atoms with Crippen LogP contribution in [-0.4, -0.2) is 49.1 Å². The zero-order valence-electron chi connectivity index (χ0n) is 10.8. The molecule has 0 unspecified atom stereocenters. The number of hydrogen-bond acceptors (Lipinski definition) is 4. The van der Waals surface area contributed by atoms with Gasteiger partial charge in [0.2, 0.25) is 0 Å². The highest BCUT2D eigenvalue weighted by Gasteiger charge is 2.23. The standard InChI is InChI=1S/C13H17N3O2S/c1-19-11-4-2-3-10(9-11)15-12(17)13(18)16-7-5-14-6-8-16/h2-4,9,14H,5-8H2,1H3,(H,15,17). The Balaban J connectivity index is 1.97. The summed E-state index contributed by atoms with van der Waals surface area (Å²) in [5, 5.41) is 5.79. The van der Waals surface area contributed by atoms with Crippen molar-refractivity contribution in [1.82, 2.24) is 10.2 Å². The molecule has 0 aliphatic carbocycles. The van der Waals surface area contributed by atoms with Crippen molar-refractivity contribution in [3.8, 4) is 0 Å². The SMILES string of the molecule is CSc1cccc(NC(=O)C(=O)N2CCNCC2)c1. The molecule has 1 aromatic rings. The van der Waals surface area contributed by atoms with Gasteiger partial charge >= 0.3 is 11.8 Å². The van der Waals surface area contributed by atoms with Crippen LogP contribution in [0, 0.1) is 0 Å². The Morgan fingerprint density at radius 2 is 2.05 bits per heavy atom. The van der Waals surface area contributed by atoms with Crippen LogP contribution in [0.3, 0.4) is 0 Å². The first-order valence-corrected chi connectivity index (χ1v) is 7.38. The highest BCUT2D eigenvalue weighted by atomic mass is 32.2. The van der Waals surface area contributed by atoms with Crippen LogP contribution in [0.5, 0.6) is 0 Å². The number of carbonyl (C=O) groups excluding carboxylic acids is 2. The minimum atomic E-state index is -0.569. The number of nitrogens with zero attached hydrogens (tertiary/aromatic N) is 1. The lowest BCUT2D eigenvalue weighted by Gasteiger charge is -2.26. The molecule has 0 spiro atoms. The lowest BCUT2D eigenvalue weighted by atomic mass is 10.3. The molecule has 1 aliphatic rings. The van der Waals surface area contributed by atoms with Gasteiger partial charge in [-0.2, -0.15) is 0 Å². The van der Waals surface area contributed by atoms with Crippen LogP contribution in [-0.2, 0) is 9.59 Å². The molecule has 5 nitrogen and oxygen atoms in total. The van der Waals surface area contributed by atoms with Crippen molar-refractivity contribution in [2.75, 3.05) is 37.8 Å². The van der Waals surface area contributed by atoms with Gasteiger partial charge in [-0.05, 0) is 24.5 Å². The average Bonchev–Trinajstić information content (AvgIpc) is 2.47.